The molecule has 3 nitrogen and oxygen atoms in total. The van der Waals surface area contributed by atoms with Crippen LogP contribution in [0.15, 0.2) is 36.5 Å². The predicted octanol–water partition coefficient (Wildman–Crippen LogP) is 3.18. The number of aryl methyl sites for hydroxylation is 1. The van der Waals surface area contributed by atoms with E-state index in [0.717, 1.165) is 11.4 Å². The molecule has 4 heteroatoms. The lowest BCUT2D eigenvalue weighted by atomic mass is 10.3. The van der Waals surface area contributed by atoms with Crippen LogP contribution in [0.2, 0.25) is 0 Å². The van der Waals surface area contributed by atoms with E-state index in [2.05, 4.69) is 5.32 Å². The van der Waals surface area contributed by atoms with E-state index < -0.39 is 0 Å². The Morgan fingerprint density at radius 2 is 2.17 bits per heavy atom. The van der Waals surface area contributed by atoms with Crippen LogP contribution in [0.5, 0.6) is 5.75 Å². The van der Waals surface area contributed by atoms with E-state index in [-0.39, 0.29) is 5.82 Å². The molecule has 0 bridgehead atoms. The fraction of sp³-hybridized carbons (Fsp3) is 0.286. The average molecular weight is 248 g/mol. The quantitative estimate of drug-likeness (QED) is 0.879. The Bertz CT molecular complexity index is 522. The van der Waals surface area contributed by atoms with Crippen LogP contribution in [0.3, 0.4) is 0 Å². The summed E-state index contributed by atoms with van der Waals surface area (Å²) in [4.78, 5) is 0. The molecule has 0 aliphatic heterocycles. The Balaban J connectivity index is 2.02. The molecule has 0 unspecified atom stereocenters. The maximum absolute atomic E-state index is 13.6. The van der Waals surface area contributed by atoms with Crippen LogP contribution in [-0.4, -0.2) is 11.2 Å². The first-order chi connectivity index (χ1) is 8.70. The molecule has 1 aromatic heterocycles. The van der Waals surface area contributed by atoms with Gasteiger partial charge in [-0.25, -0.2) is 4.39 Å². The van der Waals surface area contributed by atoms with Gasteiger partial charge >= 0.3 is 0 Å². The van der Waals surface area contributed by atoms with Crippen molar-refractivity contribution < 1.29 is 9.13 Å². The molecule has 0 amide bonds. The van der Waals surface area contributed by atoms with E-state index >= 15 is 0 Å². The number of halogens is 1. The molecule has 96 valence electrons. The summed E-state index contributed by atoms with van der Waals surface area (Å²) in [6.45, 7) is 2.96. The third-order valence-electron chi connectivity index (χ3n) is 2.76. The zero-order chi connectivity index (χ0) is 13.0. The van der Waals surface area contributed by atoms with Gasteiger partial charge in [0.25, 0.3) is 0 Å². The van der Waals surface area contributed by atoms with Crippen molar-refractivity contribution in [3.05, 3.63) is 48.0 Å². The number of aromatic nitrogens is 1. The first-order valence-corrected chi connectivity index (χ1v) is 5.97. The first kappa shape index (κ1) is 12.5. The Hall–Kier alpha value is -1.97. The van der Waals surface area contributed by atoms with Crippen LogP contribution in [0.4, 0.5) is 10.1 Å². The van der Waals surface area contributed by atoms with Crippen molar-refractivity contribution in [2.45, 2.75) is 13.5 Å². The van der Waals surface area contributed by atoms with Crippen LogP contribution < -0.4 is 10.1 Å². The highest BCUT2D eigenvalue weighted by Crippen LogP contribution is 2.21. The van der Waals surface area contributed by atoms with Crippen LogP contribution in [0.25, 0.3) is 0 Å². The van der Waals surface area contributed by atoms with Crippen molar-refractivity contribution in [2.75, 3.05) is 11.9 Å². The highest BCUT2D eigenvalue weighted by atomic mass is 19.1. The highest BCUT2D eigenvalue weighted by molar-refractivity contribution is 5.47. The van der Waals surface area contributed by atoms with E-state index in [0.29, 0.717) is 18.9 Å². The normalized spacial score (nSPS) is 10.4. The molecular weight excluding hydrogens is 231 g/mol. The number of nitrogens with zero attached hydrogens (tertiary/aromatic N) is 1. The molecule has 2 aromatic rings. The van der Waals surface area contributed by atoms with Crippen molar-refractivity contribution in [3.63, 3.8) is 0 Å². The molecule has 1 heterocycles. The van der Waals surface area contributed by atoms with Gasteiger partial charge < -0.3 is 14.6 Å². The van der Waals surface area contributed by atoms with E-state index in [9.17, 15) is 4.39 Å². The molecule has 18 heavy (non-hydrogen) atoms. The molecule has 0 fully saturated rings. The second-order valence-electron chi connectivity index (χ2n) is 4.04. The molecule has 0 radical (unpaired) electrons. The van der Waals surface area contributed by atoms with Gasteiger partial charge in [-0.1, -0.05) is 0 Å². The van der Waals surface area contributed by atoms with E-state index in [1.54, 1.807) is 6.07 Å². The van der Waals surface area contributed by atoms with Crippen LogP contribution in [0, 0.1) is 5.82 Å². The molecule has 0 aliphatic rings. The standard InChI is InChI=1S/C14H17FN2O/c1-3-18-14-7-6-11(9-13(14)15)16-10-12-5-4-8-17(12)2/h4-9,16H,3,10H2,1-2H3. The number of hydrogen-bond donors (Lipinski definition) is 1. The number of nitrogens with one attached hydrogen (secondary N) is 1. The topological polar surface area (TPSA) is 26.2 Å². The fourth-order valence-electron chi connectivity index (χ4n) is 1.76. The SMILES string of the molecule is CCOc1ccc(NCc2cccn2C)cc1F. The summed E-state index contributed by atoms with van der Waals surface area (Å²) in [5, 5.41) is 3.18. The van der Waals surface area contributed by atoms with E-state index in [4.69, 9.17) is 4.74 Å². The van der Waals surface area contributed by atoms with Crippen molar-refractivity contribution in [1.29, 1.82) is 0 Å². The minimum absolute atomic E-state index is 0.293. The van der Waals surface area contributed by atoms with Gasteiger partial charge in [-0.3, -0.25) is 0 Å². The predicted molar refractivity (Wildman–Crippen MR) is 70.3 cm³/mol. The third-order valence-corrected chi connectivity index (χ3v) is 2.76. The molecule has 0 aliphatic carbocycles. The van der Waals surface area contributed by atoms with Gasteiger partial charge in [0.05, 0.1) is 13.2 Å². The summed E-state index contributed by atoms with van der Waals surface area (Å²) in [5.41, 5.74) is 1.89. The summed E-state index contributed by atoms with van der Waals surface area (Å²) >= 11 is 0. The zero-order valence-electron chi connectivity index (χ0n) is 10.6. The first-order valence-electron chi connectivity index (χ1n) is 5.97. The maximum atomic E-state index is 13.6. The lowest BCUT2D eigenvalue weighted by molar-refractivity contribution is 0.321. The summed E-state index contributed by atoms with van der Waals surface area (Å²) in [6.07, 6.45) is 1.98. The monoisotopic (exact) mass is 248 g/mol. The summed E-state index contributed by atoms with van der Waals surface area (Å²) in [5.74, 6) is -0.0457. The average Bonchev–Trinajstić information content (AvgIpc) is 2.76. The number of ether oxygens (including phenoxy) is 1. The molecule has 0 saturated heterocycles. The largest absolute Gasteiger partial charge is 0.491 e. The van der Waals surface area contributed by atoms with Gasteiger partial charge in [0.2, 0.25) is 0 Å². The van der Waals surface area contributed by atoms with Crippen molar-refractivity contribution in [2.24, 2.45) is 7.05 Å². The lowest BCUT2D eigenvalue weighted by Gasteiger charge is -2.09. The number of hydrogen-bond acceptors (Lipinski definition) is 2. The molecule has 0 saturated carbocycles. The number of rotatable bonds is 5. The summed E-state index contributed by atoms with van der Waals surface area (Å²) in [7, 11) is 1.98. The minimum Gasteiger partial charge on any atom is -0.491 e. The number of benzene rings is 1. The minimum atomic E-state index is -0.339. The van der Waals surface area contributed by atoms with Gasteiger partial charge in [-0.05, 0) is 31.2 Å². The van der Waals surface area contributed by atoms with Gasteiger partial charge in [0.1, 0.15) is 0 Å². The van der Waals surface area contributed by atoms with Crippen LogP contribution >= 0.6 is 0 Å². The molecule has 1 N–H and O–H groups in total. The second-order valence-corrected chi connectivity index (χ2v) is 4.04. The second kappa shape index (κ2) is 5.58. The highest BCUT2D eigenvalue weighted by Gasteiger charge is 2.04. The zero-order valence-corrected chi connectivity index (χ0v) is 10.6. The Morgan fingerprint density at radius 3 is 2.78 bits per heavy atom. The van der Waals surface area contributed by atoms with Crippen LogP contribution in [0.1, 0.15) is 12.6 Å². The number of anilines is 1. The maximum Gasteiger partial charge on any atom is 0.167 e. The molecule has 1 aromatic carbocycles. The molecular formula is C14H17FN2O. The van der Waals surface area contributed by atoms with Gasteiger partial charge in [0.15, 0.2) is 11.6 Å². The lowest BCUT2D eigenvalue weighted by Crippen LogP contribution is -2.04. The Morgan fingerprint density at radius 1 is 1.33 bits per heavy atom. The summed E-state index contributed by atoms with van der Waals surface area (Å²) in [6, 6.07) is 8.92. The van der Waals surface area contributed by atoms with E-state index in [1.165, 1.54) is 6.07 Å². The van der Waals surface area contributed by atoms with E-state index in [1.807, 2.05) is 42.9 Å². The molecule has 0 spiro atoms. The summed E-state index contributed by atoms with van der Waals surface area (Å²) < 4.78 is 20.8. The fourth-order valence-corrected chi connectivity index (χ4v) is 1.76. The van der Waals surface area contributed by atoms with Gasteiger partial charge in [-0.2, -0.15) is 0 Å². The van der Waals surface area contributed by atoms with Gasteiger partial charge in [-0.15, -0.1) is 0 Å². The van der Waals surface area contributed by atoms with Crippen molar-refractivity contribution in [3.8, 4) is 5.75 Å². The smallest absolute Gasteiger partial charge is 0.167 e. The van der Waals surface area contributed by atoms with Crippen LogP contribution in [-0.2, 0) is 13.6 Å². The van der Waals surface area contributed by atoms with Crippen molar-refractivity contribution >= 4 is 5.69 Å². The third kappa shape index (κ3) is 2.83. The van der Waals surface area contributed by atoms with Gasteiger partial charge in [0, 0.05) is 30.7 Å². The Kier molecular flexibility index (Phi) is 3.87. The van der Waals surface area contributed by atoms with Crippen molar-refractivity contribution in [1.82, 2.24) is 4.57 Å². The Labute approximate surface area is 106 Å². The molecule has 2 rings (SSSR count). The molecule has 0 atom stereocenters.